The van der Waals surface area contributed by atoms with Crippen LogP contribution >= 0.6 is 0 Å². The van der Waals surface area contributed by atoms with Crippen LogP contribution in [0.25, 0.3) is 10.9 Å². The van der Waals surface area contributed by atoms with E-state index < -0.39 is 6.10 Å². The summed E-state index contributed by atoms with van der Waals surface area (Å²) < 4.78 is 5.49. The number of aromatic nitrogens is 1. The summed E-state index contributed by atoms with van der Waals surface area (Å²) >= 11 is 0. The summed E-state index contributed by atoms with van der Waals surface area (Å²) in [7, 11) is 0. The number of hydrogen-bond acceptors (Lipinski definition) is 5. The van der Waals surface area contributed by atoms with Crippen molar-refractivity contribution in [1.82, 2.24) is 10.3 Å². The van der Waals surface area contributed by atoms with E-state index in [2.05, 4.69) is 10.3 Å². The first-order valence-corrected chi connectivity index (χ1v) is 9.22. The molecule has 0 radical (unpaired) electrons. The van der Waals surface area contributed by atoms with Gasteiger partial charge >= 0.3 is 5.97 Å². The summed E-state index contributed by atoms with van der Waals surface area (Å²) in [5.41, 5.74) is 0.866. The first kappa shape index (κ1) is 18.6. The van der Waals surface area contributed by atoms with Crippen LogP contribution < -0.4 is 15.6 Å². The number of pyridine rings is 1. The molecule has 1 aliphatic rings. The molecule has 0 bridgehead atoms. The Morgan fingerprint density at radius 1 is 1.31 bits per heavy atom. The monoisotopic (exact) mass is 358 g/mol. The maximum absolute atomic E-state index is 12.0. The second kappa shape index (κ2) is 7.60. The standard InChI is InChI=1S/C20H26N2O4/c1-4-15(21-11(2)3)19(24)14-7-9-16(26-20(25)12-5-6-12)18-13(14)8-10-17(23)22-18/h7-12,15,19,21,24H,4-6H2,1-3H3,(H,22,23). The molecule has 1 saturated carbocycles. The van der Waals surface area contributed by atoms with E-state index in [4.69, 9.17) is 4.74 Å². The number of aliphatic hydroxyl groups is 1. The third-order valence-electron chi connectivity index (χ3n) is 4.70. The van der Waals surface area contributed by atoms with Crippen LogP contribution in [-0.4, -0.2) is 28.1 Å². The highest BCUT2D eigenvalue weighted by molar-refractivity contribution is 5.90. The number of H-pyrrole nitrogens is 1. The number of aliphatic hydroxyl groups excluding tert-OH is 1. The number of fused-ring (bicyclic) bond motifs is 1. The van der Waals surface area contributed by atoms with Crippen molar-refractivity contribution < 1.29 is 14.6 Å². The second-order valence-electron chi connectivity index (χ2n) is 7.24. The Hall–Kier alpha value is -2.18. The minimum absolute atomic E-state index is 0.0366. The van der Waals surface area contributed by atoms with E-state index in [9.17, 15) is 14.7 Å². The number of nitrogens with one attached hydrogen (secondary N) is 2. The summed E-state index contributed by atoms with van der Waals surface area (Å²) in [4.78, 5) is 26.6. The predicted octanol–water partition coefficient (Wildman–Crippen LogP) is 2.65. The van der Waals surface area contributed by atoms with Crippen LogP contribution in [0.5, 0.6) is 5.75 Å². The number of benzene rings is 1. The van der Waals surface area contributed by atoms with Crippen LogP contribution in [0, 0.1) is 5.92 Å². The highest BCUT2D eigenvalue weighted by Crippen LogP contribution is 2.35. The summed E-state index contributed by atoms with van der Waals surface area (Å²) in [5.74, 6) is 0.0260. The minimum atomic E-state index is -0.746. The lowest BCUT2D eigenvalue weighted by Crippen LogP contribution is -2.39. The number of rotatable bonds is 7. The van der Waals surface area contributed by atoms with Gasteiger partial charge in [0, 0.05) is 23.5 Å². The fourth-order valence-corrected chi connectivity index (χ4v) is 3.18. The van der Waals surface area contributed by atoms with Crippen molar-refractivity contribution in [3.63, 3.8) is 0 Å². The fraction of sp³-hybridized carbons (Fsp3) is 0.500. The Bertz CT molecular complexity index is 855. The number of hydrogen-bond donors (Lipinski definition) is 3. The summed E-state index contributed by atoms with van der Waals surface area (Å²) in [6.45, 7) is 6.08. The topological polar surface area (TPSA) is 91.4 Å². The van der Waals surface area contributed by atoms with Crippen LogP contribution in [-0.2, 0) is 4.79 Å². The van der Waals surface area contributed by atoms with Crippen LogP contribution in [0.2, 0.25) is 0 Å². The van der Waals surface area contributed by atoms with Crippen LogP contribution in [0.4, 0.5) is 0 Å². The summed E-state index contributed by atoms with van der Waals surface area (Å²) in [6, 6.07) is 6.62. The van der Waals surface area contributed by atoms with Crippen molar-refractivity contribution >= 4 is 16.9 Å². The molecule has 1 aromatic heterocycles. The molecule has 1 heterocycles. The molecular weight excluding hydrogens is 332 g/mol. The molecule has 3 N–H and O–H groups in total. The molecular formula is C20H26N2O4. The zero-order valence-corrected chi connectivity index (χ0v) is 15.4. The zero-order valence-electron chi connectivity index (χ0n) is 15.4. The molecule has 0 spiro atoms. The van der Waals surface area contributed by atoms with Crippen molar-refractivity contribution in [2.24, 2.45) is 5.92 Å². The molecule has 2 atom stereocenters. The largest absolute Gasteiger partial charge is 0.424 e. The van der Waals surface area contributed by atoms with Gasteiger partial charge in [-0.1, -0.05) is 26.8 Å². The van der Waals surface area contributed by atoms with Crippen molar-refractivity contribution in [3.05, 3.63) is 40.2 Å². The van der Waals surface area contributed by atoms with Gasteiger partial charge in [-0.25, -0.2) is 0 Å². The Labute approximate surface area is 152 Å². The molecule has 1 fully saturated rings. The molecule has 0 saturated heterocycles. The SMILES string of the molecule is CCC(NC(C)C)C(O)c1ccc(OC(=O)C2CC2)c2[nH]c(=O)ccc12. The van der Waals surface area contributed by atoms with Gasteiger partial charge in [-0.3, -0.25) is 9.59 Å². The van der Waals surface area contributed by atoms with Gasteiger partial charge in [-0.15, -0.1) is 0 Å². The van der Waals surface area contributed by atoms with E-state index in [0.717, 1.165) is 19.3 Å². The van der Waals surface area contributed by atoms with Crippen molar-refractivity contribution in [2.75, 3.05) is 0 Å². The lowest BCUT2D eigenvalue weighted by Gasteiger charge is -2.26. The van der Waals surface area contributed by atoms with Gasteiger partial charge in [0.15, 0.2) is 5.75 Å². The van der Waals surface area contributed by atoms with Crippen LogP contribution in [0.15, 0.2) is 29.1 Å². The van der Waals surface area contributed by atoms with E-state index in [0.29, 0.717) is 22.2 Å². The van der Waals surface area contributed by atoms with E-state index in [1.165, 1.54) is 6.07 Å². The van der Waals surface area contributed by atoms with Gasteiger partial charge in [0.05, 0.1) is 17.5 Å². The molecule has 140 valence electrons. The van der Waals surface area contributed by atoms with Crippen LogP contribution in [0.3, 0.4) is 0 Å². The summed E-state index contributed by atoms with van der Waals surface area (Å²) in [6.07, 6.45) is 1.71. The number of esters is 1. The Morgan fingerprint density at radius 3 is 2.65 bits per heavy atom. The third kappa shape index (κ3) is 3.97. The van der Waals surface area contributed by atoms with Gasteiger partial charge in [0.25, 0.3) is 0 Å². The molecule has 2 unspecified atom stereocenters. The molecule has 0 amide bonds. The average Bonchev–Trinajstić information content (AvgIpc) is 3.44. The number of carbonyl (C=O) groups is 1. The molecule has 6 heteroatoms. The maximum Gasteiger partial charge on any atom is 0.314 e. The molecule has 0 aliphatic heterocycles. The first-order valence-electron chi connectivity index (χ1n) is 9.22. The maximum atomic E-state index is 12.0. The predicted molar refractivity (Wildman–Crippen MR) is 100 cm³/mol. The quantitative estimate of drug-likeness (QED) is 0.523. The fourth-order valence-electron chi connectivity index (χ4n) is 3.18. The third-order valence-corrected chi connectivity index (χ3v) is 4.70. The number of carbonyl (C=O) groups excluding carboxylic acids is 1. The van der Waals surface area contributed by atoms with Gasteiger partial charge < -0.3 is 20.1 Å². The van der Waals surface area contributed by atoms with Crippen molar-refractivity contribution in [2.45, 2.75) is 58.2 Å². The molecule has 6 nitrogen and oxygen atoms in total. The van der Waals surface area contributed by atoms with E-state index in [-0.39, 0.29) is 29.5 Å². The number of aromatic amines is 1. The first-order chi connectivity index (χ1) is 12.4. The number of ether oxygens (including phenoxy) is 1. The zero-order chi connectivity index (χ0) is 18.8. The minimum Gasteiger partial charge on any atom is -0.424 e. The average molecular weight is 358 g/mol. The molecule has 26 heavy (non-hydrogen) atoms. The normalized spacial score (nSPS) is 16.7. The van der Waals surface area contributed by atoms with Gasteiger partial charge in [0.2, 0.25) is 5.56 Å². The van der Waals surface area contributed by atoms with Gasteiger partial charge in [-0.2, -0.15) is 0 Å². The molecule has 1 aliphatic carbocycles. The van der Waals surface area contributed by atoms with Gasteiger partial charge in [-0.05, 0) is 37.0 Å². The smallest absolute Gasteiger partial charge is 0.314 e. The Balaban J connectivity index is 2.01. The molecule has 3 rings (SSSR count). The van der Waals surface area contributed by atoms with Crippen molar-refractivity contribution in [3.8, 4) is 5.75 Å². The highest BCUT2D eigenvalue weighted by Gasteiger charge is 2.32. The Morgan fingerprint density at radius 2 is 2.04 bits per heavy atom. The van der Waals surface area contributed by atoms with Gasteiger partial charge in [0.1, 0.15) is 0 Å². The molecule has 2 aromatic rings. The lowest BCUT2D eigenvalue weighted by atomic mass is 9.95. The lowest BCUT2D eigenvalue weighted by molar-refractivity contribution is -0.135. The highest BCUT2D eigenvalue weighted by atomic mass is 16.5. The second-order valence-corrected chi connectivity index (χ2v) is 7.24. The Kier molecular flexibility index (Phi) is 5.44. The molecule has 1 aromatic carbocycles. The van der Waals surface area contributed by atoms with E-state index in [1.54, 1.807) is 18.2 Å². The van der Waals surface area contributed by atoms with Crippen molar-refractivity contribution in [1.29, 1.82) is 0 Å². The summed E-state index contributed by atoms with van der Waals surface area (Å²) in [5, 5.41) is 15.0. The van der Waals surface area contributed by atoms with E-state index in [1.807, 2.05) is 20.8 Å². The van der Waals surface area contributed by atoms with Crippen LogP contribution in [0.1, 0.15) is 51.7 Å². The van der Waals surface area contributed by atoms with E-state index >= 15 is 0 Å².